The number of nitrogens with zero attached hydrogens (tertiary/aromatic N) is 1. The van der Waals surface area contributed by atoms with Gasteiger partial charge in [0.15, 0.2) is 0 Å². The van der Waals surface area contributed by atoms with Gasteiger partial charge in [0.05, 0.1) is 47.4 Å². The lowest BCUT2D eigenvalue weighted by atomic mass is 9.65. The molecule has 1 spiro atoms. The van der Waals surface area contributed by atoms with E-state index in [2.05, 4.69) is 10.6 Å². The number of hydrogen-bond donors (Lipinski definition) is 3. The predicted molar refractivity (Wildman–Crippen MR) is 165 cm³/mol. The largest absolute Gasteiger partial charge is 0.494 e. The highest BCUT2D eigenvalue weighted by Gasteiger charge is 2.79. The molecule has 3 amide bonds. The van der Waals surface area contributed by atoms with E-state index in [4.69, 9.17) is 21.1 Å². The van der Waals surface area contributed by atoms with Gasteiger partial charge in [-0.3, -0.25) is 14.4 Å². The van der Waals surface area contributed by atoms with Crippen LogP contribution in [0.2, 0.25) is 5.02 Å². The first-order valence-electron chi connectivity index (χ1n) is 15.2. The molecule has 2 aromatic rings. The van der Waals surface area contributed by atoms with Gasteiger partial charge in [0.25, 0.3) is 0 Å². The summed E-state index contributed by atoms with van der Waals surface area (Å²) in [4.78, 5) is 44.4. The molecule has 9 nitrogen and oxygen atoms in total. The molecule has 3 fully saturated rings. The first-order chi connectivity index (χ1) is 20.5. The summed E-state index contributed by atoms with van der Waals surface area (Å²) in [7, 11) is 0. The third-order valence-electron chi connectivity index (χ3n) is 9.40. The molecule has 0 saturated carbocycles. The monoisotopic (exact) mass is 611 g/mol. The van der Waals surface area contributed by atoms with Crippen molar-refractivity contribution in [2.75, 3.05) is 23.8 Å². The molecule has 0 aliphatic carbocycles. The van der Waals surface area contributed by atoms with E-state index in [0.717, 1.165) is 5.56 Å². The zero-order valence-corrected chi connectivity index (χ0v) is 26.2. The van der Waals surface area contributed by atoms with Crippen molar-refractivity contribution < 1.29 is 29.0 Å². The maximum Gasteiger partial charge on any atom is 0.250 e. The van der Waals surface area contributed by atoms with Crippen LogP contribution >= 0.6 is 11.6 Å². The first-order valence-corrected chi connectivity index (χ1v) is 15.6. The van der Waals surface area contributed by atoms with Crippen molar-refractivity contribution in [2.45, 2.75) is 83.6 Å². The fourth-order valence-corrected chi connectivity index (χ4v) is 7.84. The van der Waals surface area contributed by atoms with Crippen molar-refractivity contribution >= 4 is 40.7 Å². The van der Waals surface area contributed by atoms with E-state index in [0.29, 0.717) is 54.4 Å². The number of aryl methyl sites for hydroxylation is 1. The van der Waals surface area contributed by atoms with Gasteiger partial charge < -0.3 is 30.1 Å². The summed E-state index contributed by atoms with van der Waals surface area (Å²) in [6.45, 7) is 9.93. The van der Waals surface area contributed by atoms with E-state index in [-0.39, 0.29) is 24.3 Å². The van der Waals surface area contributed by atoms with Gasteiger partial charge in [-0.15, -0.1) is 0 Å². The minimum Gasteiger partial charge on any atom is -0.494 e. The number of amides is 3. The van der Waals surface area contributed by atoms with Gasteiger partial charge in [-0.2, -0.15) is 0 Å². The Morgan fingerprint density at radius 3 is 2.44 bits per heavy atom. The second-order valence-corrected chi connectivity index (χ2v) is 12.8. The first kappa shape index (κ1) is 31.3. The highest BCUT2D eigenvalue weighted by atomic mass is 35.5. The Kier molecular flexibility index (Phi) is 8.80. The maximum absolute atomic E-state index is 14.5. The number of benzene rings is 2. The van der Waals surface area contributed by atoms with E-state index < -0.39 is 41.0 Å². The summed E-state index contributed by atoms with van der Waals surface area (Å²) < 4.78 is 12.4. The highest BCUT2D eigenvalue weighted by Crippen LogP contribution is 2.64. The molecule has 232 valence electrons. The van der Waals surface area contributed by atoms with Crippen LogP contribution in [0.5, 0.6) is 5.75 Å². The highest BCUT2D eigenvalue weighted by molar-refractivity contribution is 6.34. The number of para-hydroxylation sites is 1. The summed E-state index contributed by atoms with van der Waals surface area (Å²) in [6, 6.07) is 10.8. The third kappa shape index (κ3) is 5.29. The van der Waals surface area contributed by atoms with Crippen LogP contribution in [0.3, 0.4) is 0 Å². The van der Waals surface area contributed by atoms with Gasteiger partial charge in [0.2, 0.25) is 17.7 Å². The average Bonchev–Trinajstić information content (AvgIpc) is 3.58. The molecular weight excluding hydrogens is 570 g/mol. The van der Waals surface area contributed by atoms with Crippen LogP contribution in [0.1, 0.15) is 58.9 Å². The summed E-state index contributed by atoms with van der Waals surface area (Å²) in [6.07, 6.45) is 1.97. The number of rotatable bonds is 11. The Balaban J connectivity index is 1.55. The number of hydrogen-bond acceptors (Lipinski definition) is 6. The van der Waals surface area contributed by atoms with Crippen molar-refractivity contribution in [1.29, 1.82) is 0 Å². The molecule has 2 unspecified atom stereocenters. The topological polar surface area (TPSA) is 117 Å². The van der Waals surface area contributed by atoms with Gasteiger partial charge in [-0.1, -0.05) is 44.5 Å². The fraction of sp³-hybridized carbons (Fsp3) is 0.545. The lowest BCUT2D eigenvalue weighted by Gasteiger charge is -2.38. The Labute approximate surface area is 258 Å². The smallest absolute Gasteiger partial charge is 0.250 e. The van der Waals surface area contributed by atoms with Crippen LogP contribution < -0.4 is 15.4 Å². The Bertz CT molecular complexity index is 1360. The Morgan fingerprint density at radius 2 is 1.84 bits per heavy atom. The number of carbonyl (C=O) groups is 3. The molecule has 3 heterocycles. The number of ether oxygens (including phenoxy) is 2. The van der Waals surface area contributed by atoms with Gasteiger partial charge in [-0.05, 0) is 81.3 Å². The van der Waals surface area contributed by atoms with Crippen LogP contribution in [0.4, 0.5) is 11.4 Å². The van der Waals surface area contributed by atoms with Crippen molar-refractivity contribution in [3.63, 3.8) is 0 Å². The molecule has 3 aliphatic heterocycles. The second kappa shape index (κ2) is 12.1. The zero-order chi connectivity index (χ0) is 31.1. The van der Waals surface area contributed by atoms with Crippen LogP contribution in [0.15, 0.2) is 42.5 Å². The molecule has 2 bridgehead atoms. The van der Waals surface area contributed by atoms with Crippen molar-refractivity contribution in [2.24, 2.45) is 17.8 Å². The number of halogens is 1. The normalized spacial score (nSPS) is 28.2. The molecule has 0 aromatic heterocycles. The number of anilines is 2. The second-order valence-electron chi connectivity index (χ2n) is 12.4. The molecule has 43 heavy (non-hydrogen) atoms. The van der Waals surface area contributed by atoms with Gasteiger partial charge >= 0.3 is 0 Å². The van der Waals surface area contributed by atoms with Gasteiger partial charge in [0, 0.05) is 5.69 Å². The number of aliphatic hydroxyl groups excluding tert-OH is 1. The van der Waals surface area contributed by atoms with Crippen LogP contribution in [-0.2, 0) is 19.1 Å². The lowest BCUT2D eigenvalue weighted by Crippen LogP contribution is -2.56. The minimum atomic E-state index is -1.22. The van der Waals surface area contributed by atoms with E-state index in [1.165, 1.54) is 4.90 Å². The standard InChI is InChI=1S/C33H42ClN3O6/c1-6-32-15-16-33(43-32)26(25(32)29(39)35-21-11-13-23(14-12-21)42-7-2)31(41)37(22(18-38)17-19(3)4)28(33)30(40)36-27-20(5)9-8-10-24(27)34/h8-14,19,22,25-26,28,38H,6-7,15-18H2,1-5H3,(H,35,39)(H,36,40)/t22-,25-,26+,28?,32+,33?/m1/s1. The van der Waals surface area contributed by atoms with Gasteiger partial charge in [0.1, 0.15) is 17.4 Å². The average molecular weight is 612 g/mol. The molecular formula is C33H42ClN3O6. The number of fused-ring (bicyclic) bond motifs is 1. The van der Waals surface area contributed by atoms with Crippen molar-refractivity contribution in [1.82, 2.24) is 4.90 Å². The summed E-state index contributed by atoms with van der Waals surface area (Å²) in [5.41, 5.74) is -0.296. The summed E-state index contributed by atoms with van der Waals surface area (Å²) >= 11 is 6.48. The van der Waals surface area contributed by atoms with Crippen LogP contribution in [0.25, 0.3) is 0 Å². The molecule has 0 radical (unpaired) electrons. The van der Waals surface area contributed by atoms with Crippen molar-refractivity contribution in [3.8, 4) is 5.75 Å². The molecule has 3 aliphatic rings. The maximum atomic E-state index is 14.5. The third-order valence-corrected chi connectivity index (χ3v) is 9.72. The van der Waals surface area contributed by atoms with Crippen molar-refractivity contribution in [3.05, 3.63) is 53.1 Å². The molecule has 6 atom stereocenters. The molecule has 3 saturated heterocycles. The predicted octanol–water partition coefficient (Wildman–Crippen LogP) is 5.19. The number of nitrogens with one attached hydrogen (secondary N) is 2. The molecule has 5 rings (SSSR count). The molecule has 10 heteroatoms. The fourth-order valence-electron chi connectivity index (χ4n) is 7.57. The number of likely N-dealkylation sites (tertiary alicyclic amines) is 1. The Morgan fingerprint density at radius 1 is 1.12 bits per heavy atom. The van der Waals surface area contributed by atoms with E-state index in [1.54, 1.807) is 36.4 Å². The number of aliphatic hydroxyl groups is 1. The summed E-state index contributed by atoms with van der Waals surface area (Å²) in [5, 5.41) is 16.9. The zero-order valence-electron chi connectivity index (χ0n) is 25.5. The summed E-state index contributed by atoms with van der Waals surface area (Å²) in [5.74, 6) is -1.95. The Hall–Kier alpha value is -3.14. The van der Waals surface area contributed by atoms with E-state index in [9.17, 15) is 19.5 Å². The molecule has 2 aromatic carbocycles. The molecule has 3 N–H and O–H groups in total. The minimum absolute atomic E-state index is 0.149. The SMILES string of the molecule is CCOc1ccc(NC(=O)[C@H]2[C@H]3C(=O)N([C@@H](CO)CC(C)C)C(C(=O)Nc4c(C)cccc4Cl)C34CC[C@]2(CC)O4)cc1. The lowest BCUT2D eigenvalue weighted by molar-refractivity contribution is -0.148. The van der Waals surface area contributed by atoms with Crippen LogP contribution in [0, 0.1) is 24.7 Å². The van der Waals surface area contributed by atoms with Gasteiger partial charge in [-0.25, -0.2) is 0 Å². The van der Waals surface area contributed by atoms with E-state index in [1.807, 2.05) is 40.7 Å². The van der Waals surface area contributed by atoms with E-state index >= 15 is 0 Å². The van der Waals surface area contributed by atoms with Crippen LogP contribution in [-0.4, -0.2) is 64.2 Å². The number of carbonyl (C=O) groups excluding carboxylic acids is 3. The quantitative estimate of drug-likeness (QED) is 0.322.